The zero-order valence-electron chi connectivity index (χ0n) is 16.9. The fourth-order valence-electron chi connectivity index (χ4n) is 3.80. The Kier molecular flexibility index (Phi) is 5.39. The molecular weight excluding hydrogens is 401 g/mol. The topological polar surface area (TPSA) is 52.7 Å². The summed E-state index contributed by atoms with van der Waals surface area (Å²) in [7, 11) is 0. The number of nitrogens with one attached hydrogen (secondary N) is 1. The molecule has 2 aliphatic heterocycles. The van der Waals surface area contributed by atoms with Crippen LogP contribution >= 0.6 is 12.2 Å². The average molecular weight is 424 g/mol. The van der Waals surface area contributed by atoms with E-state index in [0.717, 1.165) is 42.7 Å². The molecule has 2 aliphatic rings. The number of hydrogen-bond acceptors (Lipinski definition) is 4. The lowest BCUT2D eigenvalue weighted by Crippen LogP contribution is -2.54. The van der Waals surface area contributed by atoms with Crippen LogP contribution in [0.2, 0.25) is 0 Å². The zero-order chi connectivity index (χ0) is 21.4. The molecule has 0 atom stereocenters. The Hall–Kier alpha value is -3.06. The first-order chi connectivity index (χ1) is 14.3. The van der Waals surface area contributed by atoms with Crippen LogP contribution in [0, 0.1) is 19.7 Å². The highest BCUT2D eigenvalue weighted by Crippen LogP contribution is 2.28. The number of amides is 2. The van der Waals surface area contributed by atoms with Crippen LogP contribution in [0.1, 0.15) is 29.5 Å². The molecule has 0 aromatic heterocycles. The van der Waals surface area contributed by atoms with Crippen LogP contribution in [0.5, 0.6) is 0 Å². The molecular formula is C23H22FN3O2S. The van der Waals surface area contributed by atoms with Gasteiger partial charge in [0.15, 0.2) is 5.11 Å². The predicted molar refractivity (Wildman–Crippen MR) is 120 cm³/mol. The smallest absolute Gasteiger partial charge is 0.270 e. The summed E-state index contributed by atoms with van der Waals surface area (Å²) in [5.74, 6) is -1.67. The Morgan fingerprint density at radius 1 is 1.07 bits per heavy atom. The van der Waals surface area contributed by atoms with E-state index in [1.165, 1.54) is 17.0 Å². The van der Waals surface area contributed by atoms with Crippen LogP contribution in [0.3, 0.4) is 0 Å². The van der Waals surface area contributed by atoms with Crippen molar-refractivity contribution in [2.75, 3.05) is 22.9 Å². The molecule has 4 rings (SSSR count). The molecule has 0 saturated carbocycles. The fraction of sp³-hybridized carbons (Fsp3) is 0.261. The second-order valence-corrected chi connectivity index (χ2v) is 8.03. The molecule has 0 unspecified atom stereocenters. The average Bonchev–Trinajstić information content (AvgIpc) is 3.23. The Labute approximate surface area is 180 Å². The monoisotopic (exact) mass is 423 g/mol. The van der Waals surface area contributed by atoms with Crippen LogP contribution in [0.15, 0.2) is 42.0 Å². The molecule has 0 spiro atoms. The molecule has 5 nitrogen and oxygen atoms in total. The maximum absolute atomic E-state index is 14.8. The van der Waals surface area contributed by atoms with Gasteiger partial charge < -0.3 is 4.90 Å². The SMILES string of the molecule is Cc1ccc(C)c(N2C(=O)/C(=C/c3ccc(N4CCCC4)cc3F)C(=O)NC2=S)c1. The maximum atomic E-state index is 14.8. The zero-order valence-corrected chi connectivity index (χ0v) is 17.7. The first kappa shape index (κ1) is 20.2. The van der Waals surface area contributed by atoms with Gasteiger partial charge in [-0.05, 0) is 80.4 Å². The van der Waals surface area contributed by atoms with Crippen molar-refractivity contribution in [3.63, 3.8) is 0 Å². The number of anilines is 2. The number of carbonyl (C=O) groups is 2. The van der Waals surface area contributed by atoms with Crippen molar-refractivity contribution >= 4 is 46.6 Å². The third kappa shape index (κ3) is 3.73. The molecule has 30 heavy (non-hydrogen) atoms. The van der Waals surface area contributed by atoms with Crippen LogP contribution in [0.25, 0.3) is 6.08 Å². The normalized spacial score (nSPS) is 18.4. The van der Waals surface area contributed by atoms with E-state index in [1.807, 2.05) is 38.1 Å². The van der Waals surface area contributed by atoms with Gasteiger partial charge in [-0.2, -0.15) is 0 Å². The van der Waals surface area contributed by atoms with Crippen molar-refractivity contribution in [2.45, 2.75) is 26.7 Å². The highest BCUT2D eigenvalue weighted by molar-refractivity contribution is 7.80. The summed E-state index contributed by atoms with van der Waals surface area (Å²) in [6.07, 6.45) is 3.48. The van der Waals surface area contributed by atoms with Gasteiger partial charge in [-0.25, -0.2) is 4.39 Å². The molecule has 2 aromatic rings. The number of nitrogens with zero attached hydrogens (tertiary/aromatic N) is 2. The van der Waals surface area contributed by atoms with Gasteiger partial charge in [-0.1, -0.05) is 12.1 Å². The number of aryl methyl sites for hydroxylation is 2. The third-order valence-electron chi connectivity index (χ3n) is 5.46. The molecule has 2 heterocycles. The summed E-state index contributed by atoms with van der Waals surface area (Å²) in [6, 6.07) is 10.5. The second-order valence-electron chi connectivity index (χ2n) is 7.65. The standard InChI is InChI=1S/C23H22FN3O2S/c1-14-5-6-15(2)20(11-14)27-22(29)18(21(28)25-23(27)30)12-16-7-8-17(13-19(16)24)26-9-3-4-10-26/h5-8,11-13H,3-4,9-10H2,1-2H3,(H,25,28,30)/b18-12+. The Morgan fingerprint density at radius 2 is 1.80 bits per heavy atom. The van der Waals surface area contributed by atoms with Gasteiger partial charge in [-0.3, -0.25) is 19.8 Å². The Morgan fingerprint density at radius 3 is 2.50 bits per heavy atom. The maximum Gasteiger partial charge on any atom is 0.270 e. The minimum absolute atomic E-state index is 0.0145. The van der Waals surface area contributed by atoms with Gasteiger partial charge in [0, 0.05) is 24.3 Å². The first-order valence-corrected chi connectivity index (χ1v) is 10.3. The highest BCUT2D eigenvalue weighted by Gasteiger charge is 2.35. The summed E-state index contributed by atoms with van der Waals surface area (Å²) in [4.78, 5) is 29.1. The van der Waals surface area contributed by atoms with Crippen LogP contribution < -0.4 is 15.1 Å². The van der Waals surface area contributed by atoms with Gasteiger partial charge in [0.25, 0.3) is 11.8 Å². The molecule has 154 valence electrons. The lowest BCUT2D eigenvalue weighted by molar-refractivity contribution is -0.122. The van der Waals surface area contributed by atoms with E-state index in [1.54, 1.807) is 6.07 Å². The van der Waals surface area contributed by atoms with Gasteiger partial charge in [0.2, 0.25) is 0 Å². The van der Waals surface area contributed by atoms with E-state index in [2.05, 4.69) is 10.2 Å². The van der Waals surface area contributed by atoms with Crippen molar-refractivity contribution in [3.05, 3.63) is 64.5 Å². The third-order valence-corrected chi connectivity index (χ3v) is 5.75. The molecule has 2 amide bonds. The lowest BCUT2D eigenvalue weighted by Gasteiger charge is -2.30. The molecule has 7 heteroatoms. The van der Waals surface area contributed by atoms with Crippen molar-refractivity contribution in [2.24, 2.45) is 0 Å². The predicted octanol–water partition coefficient (Wildman–Crippen LogP) is 3.87. The molecule has 0 aliphatic carbocycles. The number of carbonyl (C=O) groups excluding carboxylic acids is 2. The van der Waals surface area contributed by atoms with E-state index in [4.69, 9.17) is 12.2 Å². The van der Waals surface area contributed by atoms with Gasteiger partial charge in [-0.15, -0.1) is 0 Å². The van der Waals surface area contributed by atoms with Crippen LogP contribution in [0.4, 0.5) is 15.8 Å². The van der Waals surface area contributed by atoms with Crippen molar-refractivity contribution in [1.29, 1.82) is 0 Å². The van der Waals surface area contributed by atoms with Crippen molar-refractivity contribution in [1.82, 2.24) is 5.32 Å². The summed E-state index contributed by atoms with van der Waals surface area (Å²) in [5, 5.41) is 2.56. The molecule has 2 saturated heterocycles. The molecule has 2 fully saturated rings. The number of rotatable bonds is 3. The van der Waals surface area contributed by atoms with E-state index in [-0.39, 0.29) is 16.2 Å². The number of halogens is 1. The summed E-state index contributed by atoms with van der Waals surface area (Å²) >= 11 is 5.25. The minimum Gasteiger partial charge on any atom is -0.371 e. The Bertz CT molecular complexity index is 1090. The second kappa shape index (κ2) is 7.99. The number of thiocarbonyl (C=S) groups is 1. The van der Waals surface area contributed by atoms with Crippen LogP contribution in [-0.4, -0.2) is 30.0 Å². The molecule has 0 bridgehead atoms. The molecule has 1 N–H and O–H groups in total. The van der Waals surface area contributed by atoms with Gasteiger partial charge in [0.05, 0.1) is 5.69 Å². The van der Waals surface area contributed by atoms with E-state index in [9.17, 15) is 14.0 Å². The molecule has 0 radical (unpaired) electrons. The van der Waals surface area contributed by atoms with Crippen molar-refractivity contribution in [3.8, 4) is 0 Å². The van der Waals surface area contributed by atoms with E-state index < -0.39 is 17.6 Å². The molecule has 2 aromatic carbocycles. The Balaban J connectivity index is 1.70. The largest absolute Gasteiger partial charge is 0.371 e. The number of hydrogen-bond donors (Lipinski definition) is 1. The van der Waals surface area contributed by atoms with Crippen LogP contribution in [-0.2, 0) is 9.59 Å². The summed E-state index contributed by atoms with van der Waals surface area (Å²) in [6.45, 7) is 5.58. The summed E-state index contributed by atoms with van der Waals surface area (Å²) < 4.78 is 14.8. The van der Waals surface area contributed by atoms with Gasteiger partial charge in [0.1, 0.15) is 11.4 Å². The lowest BCUT2D eigenvalue weighted by atomic mass is 10.0. The first-order valence-electron chi connectivity index (χ1n) is 9.88. The number of benzene rings is 2. The quantitative estimate of drug-likeness (QED) is 0.463. The highest BCUT2D eigenvalue weighted by atomic mass is 32.1. The van der Waals surface area contributed by atoms with Gasteiger partial charge >= 0.3 is 0 Å². The van der Waals surface area contributed by atoms with E-state index >= 15 is 0 Å². The van der Waals surface area contributed by atoms with E-state index in [0.29, 0.717) is 5.69 Å². The van der Waals surface area contributed by atoms with Crippen molar-refractivity contribution < 1.29 is 14.0 Å². The summed E-state index contributed by atoms with van der Waals surface area (Å²) in [5.41, 5.74) is 3.23. The minimum atomic E-state index is -0.630. The fourth-order valence-corrected chi connectivity index (χ4v) is 4.07.